The third-order valence-electron chi connectivity index (χ3n) is 5.06. The van der Waals surface area contributed by atoms with Gasteiger partial charge in [-0.2, -0.15) is 0 Å². The van der Waals surface area contributed by atoms with Crippen molar-refractivity contribution in [2.24, 2.45) is 0 Å². The molecule has 2 N–H and O–H groups in total. The number of benzene rings is 2. The molecule has 1 fully saturated rings. The highest BCUT2D eigenvalue weighted by atomic mass is 16.5. The molecule has 2 atom stereocenters. The van der Waals surface area contributed by atoms with Crippen molar-refractivity contribution in [2.45, 2.75) is 26.0 Å². The van der Waals surface area contributed by atoms with Crippen LogP contribution in [0.2, 0.25) is 0 Å². The molecule has 0 spiro atoms. The number of hydrogen-bond donors (Lipinski definition) is 2. The number of aliphatic hydroxyl groups is 2. The zero-order valence-electron chi connectivity index (χ0n) is 17.4. The second-order valence-corrected chi connectivity index (χ2v) is 7.27. The molecule has 0 bridgehead atoms. The summed E-state index contributed by atoms with van der Waals surface area (Å²) in [5.41, 5.74) is 1.88. The lowest BCUT2D eigenvalue weighted by Gasteiger charge is -2.27. The largest absolute Gasteiger partial charge is 0.507 e. The number of aliphatic hydroxyl groups excluding tert-OH is 2. The molecule has 0 aliphatic carbocycles. The molecule has 0 saturated carbocycles. The quantitative estimate of drug-likeness (QED) is 0.431. The molecular formula is C23H25NO6. The standard InChI is InChI=1S/C23H25NO6/c1-13-5-7-15(8-6-13)21(26)19-20(24(12-14(2)25)23(28)22(19)27)17-10-9-16(29-3)11-18(17)30-4/h5-11,14,20,25-26H,12H2,1-4H3/t14-,20+/m0/s1. The van der Waals surface area contributed by atoms with Crippen molar-refractivity contribution in [3.63, 3.8) is 0 Å². The Morgan fingerprint density at radius 2 is 1.77 bits per heavy atom. The van der Waals surface area contributed by atoms with E-state index in [0.717, 1.165) is 5.56 Å². The van der Waals surface area contributed by atoms with Crippen molar-refractivity contribution in [3.05, 3.63) is 64.7 Å². The average Bonchev–Trinajstić information content (AvgIpc) is 2.97. The predicted molar refractivity (Wildman–Crippen MR) is 111 cm³/mol. The molecular weight excluding hydrogens is 386 g/mol. The van der Waals surface area contributed by atoms with Crippen LogP contribution in [0.4, 0.5) is 0 Å². The number of ketones is 1. The van der Waals surface area contributed by atoms with E-state index in [9.17, 15) is 19.8 Å². The van der Waals surface area contributed by atoms with Crippen molar-refractivity contribution in [1.29, 1.82) is 0 Å². The van der Waals surface area contributed by atoms with Gasteiger partial charge in [-0.3, -0.25) is 9.59 Å². The lowest BCUT2D eigenvalue weighted by atomic mass is 9.94. The molecule has 2 aromatic carbocycles. The number of ether oxygens (including phenoxy) is 2. The maximum absolute atomic E-state index is 12.9. The molecule has 3 rings (SSSR count). The van der Waals surface area contributed by atoms with Gasteiger partial charge in [0.25, 0.3) is 11.7 Å². The molecule has 0 aromatic heterocycles. The summed E-state index contributed by atoms with van der Waals surface area (Å²) in [5, 5.41) is 20.9. The first-order valence-corrected chi connectivity index (χ1v) is 9.54. The molecule has 2 aromatic rings. The van der Waals surface area contributed by atoms with Gasteiger partial charge in [-0.15, -0.1) is 0 Å². The van der Waals surface area contributed by atoms with E-state index in [1.54, 1.807) is 30.3 Å². The molecule has 1 heterocycles. The number of nitrogens with zero attached hydrogens (tertiary/aromatic N) is 1. The Bertz CT molecular complexity index is 993. The molecule has 0 unspecified atom stereocenters. The first kappa shape index (κ1) is 21.4. The van der Waals surface area contributed by atoms with Crippen molar-refractivity contribution in [1.82, 2.24) is 4.90 Å². The van der Waals surface area contributed by atoms with E-state index in [4.69, 9.17) is 9.47 Å². The number of carbonyl (C=O) groups is 2. The lowest BCUT2D eigenvalue weighted by Crippen LogP contribution is -2.35. The Morgan fingerprint density at radius 3 is 2.33 bits per heavy atom. The summed E-state index contributed by atoms with van der Waals surface area (Å²) in [6, 6.07) is 11.1. The fourth-order valence-corrected chi connectivity index (χ4v) is 3.59. The number of amides is 1. The second kappa shape index (κ2) is 8.59. The number of hydrogen-bond acceptors (Lipinski definition) is 6. The minimum absolute atomic E-state index is 0.0482. The van der Waals surface area contributed by atoms with Crippen molar-refractivity contribution < 1.29 is 29.3 Å². The first-order valence-electron chi connectivity index (χ1n) is 9.54. The van der Waals surface area contributed by atoms with E-state index in [0.29, 0.717) is 22.6 Å². The fourth-order valence-electron chi connectivity index (χ4n) is 3.59. The minimum atomic E-state index is -0.915. The Labute approximate surface area is 175 Å². The lowest BCUT2D eigenvalue weighted by molar-refractivity contribution is -0.140. The number of rotatable bonds is 6. The van der Waals surface area contributed by atoms with Gasteiger partial charge >= 0.3 is 0 Å². The zero-order valence-corrected chi connectivity index (χ0v) is 17.4. The van der Waals surface area contributed by atoms with Gasteiger partial charge in [-0.25, -0.2) is 0 Å². The summed E-state index contributed by atoms with van der Waals surface area (Å²) >= 11 is 0. The summed E-state index contributed by atoms with van der Waals surface area (Å²) in [7, 11) is 2.99. The highest BCUT2D eigenvalue weighted by Crippen LogP contribution is 2.43. The molecule has 158 valence electrons. The van der Waals surface area contributed by atoms with Crippen LogP contribution in [0.5, 0.6) is 11.5 Å². The number of Topliss-reactive ketones (excluding diaryl/α,β-unsaturated/α-hetero) is 1. The molecule has 30 heavy (non-hydrogen) atoms. The fraction of sp³-hybridized carbons (Fsp3) is 0.304. The van der Waals surface area contributed by atoms with Crippen LogP contribution in [-0.2, 0) is 9.59 Å². The maximum Gasteiger partial charge on any atom is 0.295 e. The topological polar surface area (TPSA) is 96.3 Å². The van der Waals surface area contributed by atoms with Gasteiger partial charge in [0, 0.05) is 23.7 Å². The molecule has 1 aliphatic heterocycles. The van der Waals surface area contributed by atoms with Crippen molar-refractivity contribution >= 4 is 17.4 Å². The second-order valence-electron chi connectivity index (χ2n) is 7.27. The normalized spacial score (nSPS) is 19.1. The SMILES string of the molecule is COc1ccc([C@@H]2C(=C(O)c3ccc(C)cc3)C(=O)C(=O)N2C[C@H](C)O)c(OC)c1. The monoisotopic (exact) mass is 411 g/mol. The summed E-state index contributed by atoms with van der Waals surface area (Å²) in [6.07, 6.45) is -0.866. The van der Waals surface area contributed by atoms with E-state index in [1.165, 1.54) is 26.0 Å². The van der Waals surface area contributed by atoms with Crippen molar-refractivity contribution in [2.75, 3.05) is 20.8 Å². The maximum atomic E-state index is 12.9. The summed E-state index contributed by atoms with van der Waals surface area (Å²) in [4.78, 5) is 27.0. The molecule has 1 saturated heterocycles. The number of aryl methyl sites for hydroxylation is 1. The number of β-amino-alcohol motifs (C(OH)–C–C–N with tert-alkyl or cyclic N) is 1. The number of methoxy groups -OCH3 is 2. The van der Waals surface area contributed by atoms with Gasteiger partial charge in [0.05, 0.1) is 31.9 Å². The Morgan fingerprint density at radius 1 is 1.10 bits per heavy atom. The van der Waals surface area contributed by atoms with Crippen LogP contribution in [0, 0.1) is 6.92 Å². The van der Waals surface area contributed by atoms with Crippen LogP contribution < -0.4 is 9.47 Å². The van der Waals surface area contributed by atoms with Gasteiger partial charge in [-0.1, -0.05) is 29.8 Å². The molecule has 0 radical (unpaired) electrons. The third kappa shape index (κ3) is 3.89. The van der Waals surface area contributed by atoms with Gasteiger partial charge in [0.2, 0.25) is 0 Å². The van der Waals surface area contributed by atoms with E-state index in [1.807, 2.05) is 19.1 Å². The highest BCUT2D eigenvalue weighted by Gasteiger charge is 2.47. The van der Waals surface area contributed by atoms with E-state index < -0.39 is 23.8 Å². The highest BCUT2D eigenvalue weighted by molar-refractivity contribution is 6.46. The molecule has 1 amide bonds. The van der Waals surface area contributed by atoms with E-state index in [2.05, 4.69) is 0 Å². The average molecular weight is 411 g/mol. The Kier molecular flexibility index (Phi) is 6.12. The van der Waals surface area contributed by atoms with Crippen LogP contribution in [0.1, 0.15) is 29.7 Å². The van der Waals surface area contributed by atoms with Crippen LogP contribution in [0.25, 0.3) is 5.76 Å². The van der Waals surface area contributed by atoms with Gasteiger partial charge in [0.1, 0.15) is 17.3 Å². The summed E-state index contributed by atoms with van der Waals surface area (Å²) in [5.74, 6) is -0.929. The molecule has 7 heteroatoms. The first-order chi connectivity index (χ1) is 14.3. The third-order valence-corrected chi connectivity index (χ3v) is 5.06. The van der Waals surface area contributed by atoms with Crippen LogP contribution in [0.15, 0.2) is 48.0 Å². The predicted octanol–water partition coefficient (Wildman–Crippen LogP) is 2.81. The van der Waals surface area contributed by atoms with Crippen LogP contribution in [-0.4, -0.2) is 53.7 Å². The smallest absolute Gasteiger partial charge is 0.295 e. The van der Waals surface area contributed by atoms with Gasteiger partial charge < -0.3 is 24.6 Å². The van der Waals surface area contributed by atoms with Crippen LogP contribution in [0.3, 0.4) is 0 Å². The zero-order chi connectivity index (χ0) is 22.0. The van der Waals surface area contributed by atoms with Gasteiger partial charge in [0.15, 0.2) is 0 Å². The van der Waals surface area contributed by atoms with Gasteiger partial charge in [-0.05, 0) is 26.0 Å². The summed E-state index contributed by atoms with van der Waals surface area (Å²) in [6.45, 7) is 3.37. The molecule has 1 aliphatic rings. The Balaban J connectivity index is 2.24. The van der Waals surface area contributed by atoms with Crippen molar-refractivity contribution in [3.8, 4) is 11.5 Å². The van der Waals surface area contributed by atoms with E-state index >= 15 is 0 Å². The number of likely N-dealkylation sites (tertiary alicyclic amines) is 1. The molecule has 7 nitrogen and oxygen atoms in total. The van der Waals surface area contributed by atoms with Crippen LogP contribution >= 0.6 is 0 Å². The summed E-state index contributed by atoms with van der Waals surface area (Å²) < 4.78 is 10.7. The Hall–Kier alpha value is -3.32. The number of carbonyl (C=O) groups excluding carboxylic acids is 2. The minimum Gasteiger partial charge on any atom is -0.507 e. The van der Waals surface area contributed by atoms with E-state index in [-0.39, 0.29) is 17.9 Å².